The third kappa shape index (κ3) is 1.93. The first-order chi connectivity index (χ1) is 6.57. The number of amides is 1. The maximum absolute atomic E-state index is 11.2. The molecule has 0 aromatic carbocycles. The van der Waals surface area contributed by atoms with Crippen LogP contribution >= 0.6 is 0 Å². The van der Waals surface area contributed by atoms with Crippen LogP contribution < -0.4 is 11.5 Å². The highest BCUT2D eigenvalue weighted by atomic mass is 16.1. The Hall–Kier alpha value is -1.36. The van der Waals surface area contributed by atoms with Gasteiger partial charge in [0.25, 0.3) is 0 Å². The highest BCUT2D eigenvalue weighted by Crippen LogP contribution is 2.18. The van der Waals surface area contributed by atoms with Crippen LogP contribution in [0.1, 0.15) is 25.6 Å². The summed E-state index contributed by atoms with van der Waals surface area (Å²) in [5, 5.41) is 0. The number of hydrogen-bond acceptors (Lipinski definition) is 3. The fourth-order valence-corrected chi connectivity index (χ4v) is 1.53. The van der Waals surface area contributed by atoms with Crippen molar-refractivity contribution in [1.82, 2.24) is 9.55 Å². The molecule has 1 aromatic rings. The van der Waals surface area contributed by atoms with Gasteiger partial charge in [0.15, 0.2) is 0 Å². The normalized spacial score (nSPS) is 13.1. The molecule has 1 aromatic heterocycles. The second-order valence-corrected chi connectivity index (χ2v) is 3.59. The van der Waals surface area contributed by atoms with Crippen molar-refractivity contribution in [3.63, 3.8) is 0 Å². The van der Waals surface area contributed by atoms with Crippen LogP contribution in [0, 0.1) is 5.92 Å². The number of aromatic nitrogens is 2. The Labute approximate surface area is 83.1 Å². The van der Waals surface area contributed by atoms with Crippen molar-refractivity contribution >= 4 is 5.91 Å². The van der Waals surface area contributed by atoms with Gasteiger partial charge in [-0.25, -0.2) is 4.98 Å². The van der Waals surface area contributed by atoms with E-state index in [9.17, 15) is 4.79 Å². The summed E-state index contributed by atoms with van der Waals surface area (Å²) in [5.74, 6) is -0.222. The Kier molecular flexibility index (Phi) is 3.24. The maximum atomic E-state index is 11.2. The van der Waals surface area contributed by atoms with Gasteiger partial charge in [-0.1, -0.05) is 13.8 Å². The van der Waals surface area contributed by atoms with Crippen LogP contribution in [0.25, 0.3) is 0 Å². The van der Waals surface area contributed by atoms with Crippen LogP contribution in [-0.2, 0) is 11.3 Å². The van der Waals surface area contributed by atoms with E-state index in [4.69, 9.17) is 11.5 Å². The SMILES string of the molecule is CC(C)C(C(N)=O)n1cncc1CN. The lowest BCUT2D eigenvalue weighted by atomic mass is 10.0. The van der Waals surface area contributed by atoms with Crippen LogP contribution in [0.4, 0.5) is 0 Å². The van der Waals surface area contributed by atoms with Crippen molar-refractivity contribution in [2.24, 2.45) is 17.4 Å². The predicted molar refractivity (Wildman–Crippen MR) is 53.2 cm³/mol. The Morgan fingerprint density at radius 1 is 1.64 bits per heavy atom. The van der Waals surface area contributed by atoms with Crippen LogP contribution in [0.3, 0.4) is 0 Å². The van der Waals surface area contributed by atoms with Gasteiger partial charge in [0.2, 0.25) is 5.91 Å². The molecule has 1 atom stereocenters. The van der Waals surface area contributed by atoms with E-state index in [1.165, 1.54) is 0 Å². The first-order valence-corrected chi connectivity index (χ1v) is 4.58. The van der Waals surface area contributed by atoms with Gasteiger partial charge in [-0.3, -0.25) is 4.79 Å². The number of imidazole rings is 1. The number of rotatable bonds is 4. The third-order valence-electron chi connectivity index (χ3n) is 2.18. The van der Waals surface area contributed by atoms with Gasteiger partial charge in [0, 0.05) is 12.7 Å². The molecule has 0 aliphatic carbocycles. The van der Waals surface area contributed by atoms with E-state index in [2.05, 4.69) is 4.98 Å². The molecule has 14 heavy (non-hydrogen) atoms. The minimum Gasteiger partial charge on any atom is -0.368 e. The summed E-state index contributed by atoms with van der Waals surface area (Å²) in [6, 6.07) is -0.365. The summed E-state index contributed by atoms with van der Waals surface area (Å²) in [6.07, 6.45) is 3.25. The predicted octanol–water partition coefficient (Wildman–Crippen LogP) is 0.0242. The minimum atomic E-state index is -0.365. The van der Waals surface area contributed by atoms with Gasteiger partial charge >= 0.3 is 0 Å². The molecule has 5 heteroatoms. The zero-order valence-electron chi connectivity index (χ0n) is 8.47. The number of primary amides is 1. The summed E-state index contributed by atoms with van der Waals surface area (Å²) in [7, 11) is 0. The zero-order valence-corrected chi connectivity index (χ0v) is 8.47. The molecule has 0 radical (unpaired) electrons. The lowest BCUT2D eigenvalue weighted by Crippen LogP contribution is -2.31. The van der Waals surface area contributed by atoms with Gasteiger partial charge < -0.3 is 16.0 Å². The first-order valence-electron chi connectivity index (χ1n) is 4.58. The largest absolute Gasteiger partial charge is 0.368 e. The fraction of sp³-hybridized carbons (Fsp3) is 0.556. The third-order valence-corrected chi connectivity index (χ3v) is 2.18. The molecule has 0 saturated carbocycles. The number of carbonyl (C=O) groups is 1. The molecule has 1 rings (SSSR count). The summed E-state index contributed by atoms with van der Waals surface area (Å²) in [6.45, 7) is 4.24. The number of nitrogens with two attached hydrogens (primary N) is 2. The van der Waals surface area contributed by atoms with E-state index in [-0.39, 0.29) is 17.9 Å². The second-order valence-electron chi connectivity index (χ2n) is 3.59. The van der Waals surface area contributed by atoms with E-state index in [0.717, 1.165) is 5.69 Å². The Bertz CT molecular complexity index is 318. The quantitative estimate of drug-likeness (QED) is 0.712. The van der Waals surface area contributed by atoms with Gasteiger partial charge in [0.1, 0.15) is 6.04 Å². The van der Waals surface area contributed by atoms with Crippen LogP contribution in [0.5, 0.6) is 0 Å². The lowest BCUT2D eigenvalue weighted by Gasteiger charge is -2.20. The van der Waals surface area contributed by atoms with Gasteiger partial charge in [-0.05, 0) is 5.92 Å². The lowest BCUT2D eigenvalue weighted by molar-refractivity contribution is -0.122. The Balaban J connectivity index is 3.04. The molecule has 0 spiro atoms. The highest BCUT2D eigenvalue weighted by Gasteiger charge is 2.22. The van der Waals surface area contributed by atoms with Crippen LogP contribution in [0.15, 0.2) is 12.5 Å². The van der Waals surface area contributed by atoms with E-state index in [1.54, 1.807) is 17.1 Å². The summed E-state index contributed by atoms with van der Waals surface area (Å²) in [5.41, 5.74) is 11.7. The van der Waals surface area contributed by atoms with Crippen LogP contribution in [0.2, 0.25) is 0 Å². The molecule has 1 heterocycles. The molecule has 4 N–H and O–H groups in total. The molecule has 1 unspecified atom stereocenters. The Morgan fingerprint density at radius 3 is 2.71 bits per heavy atom. The van der Waals surface area contributed by atoms with Crippen molar-refractivity contribution in [2.45, 2.75) is 26.4 Å². The monoisotopic (exact) mass is 196 g/mol. The van der Waals surface area contributed by atoms with Gasteiger partial charge in [-0.2, -0.15) is 0 Å². The number of carbonyl (C=O) groups excluding carboxylic acids is 1. The molecule has 5 nitrogen and oxygen atoms in total. The molecular weight excluding hydrogens is 180 g/mol. The van der Waals surface area contributed by atoms with E-state index in [0.29, 0.717) is 6.54 Å². The smallest absolute Gasteiger partial charge is 0.240 e. The summed E-state index contributed by atoms with van der Waals surface area (Å²) < 4.78 is 1.74. The zero-order chi connectivity index (χ0) is 10.7. The van der Waals surface area contributed by atoms with E-state index in [1.807, 2.05) is 13.8 Å². The van der Waals surface area contributed by atoms with Crippen molar-refractivity contribution < 1.29 is 4.79 Å². The average molecular weight is 196 g/mol. The maximum Gasteiger partial charge on any atom is 0.240 e. The molecule has 0 bridgehead atoms. The van der Waals surface area contributed by atoms with Crippen molar-refractivity contribution in [3.8, 4) is 0 Å². The minimum absolute atomic E-state index is 0.131. The molecule has 0 saturated heterocycles. The molecule has 0 aliphatic rings. The van der Waals surface area contributed by atoms with Crippen molar-refractivity contribution in [2.75, 3.05) is 0 Å². The highest BCUT2D eigenvalue weighted by molar-refractivity contribution is 5.78. The van der Waals surface area contributed by atoms with Crippen LogP contribution in [-0.4, -0.2) is 15.5 Å². The molecule has 78 valence electrons. The van der Waals surface area contributed by atoms with E-state index >= 15 is 0 Å². The Morgan fingerprint density at radius 2 is 2.29 bits per heavy atom. The summed E-state index contributed by atoms with van der Waals surface area (Å²) in [4.78, 5) is 15.2. The molecule has 1 amide bonds. The molecule has 0 fully saturated rings. The average Bonchev–Trinajstić information content (AvgIpc) is 2.51. The fourth-order valence-electron chi connectivity index (χ4n) is 1.53. The second kappa shape index (κ2) is 4.23. The summed E-state index contributed by atoms with van der Waals surface area (Å²) >= 11 is 0. The number of hydrogen-bond donors (Lipinski definition) is 2. The topological polar surface area (TPSA) is 86.9 Å². The number of nitrogens with zero attached hydrogens (tertiary/aromatic N) is 2. The molecular formula is C9H16N4O. The van der Waals surface area contributed by atoms with Gasteiger partial charge in [0.05, 0.1) is 12.0 Å². The van der Waals surface area contributed by atoms with Crippen molar-refractivity contribution in [1.29, 1.82) is 0 Å². The van der Waals surface area contributed by atoms with Crippen molar-refractivity contribution in [3.05, 3.63) is 18.2 Å². The van der Waals surface area contributed by atoms with Gasteiger partial charge in [-0.15, -0.1) is 0 Å². The first kappa shape index (κ1) is 10.7. The molecule has 0 aliphatic heterocycles. The van der Waals surface area contributed by atoms with E-state index < -0.39 is 0 Å². The standard InChI is InChI=1S/C9H16N4O/c1-6(2)8(9(11)14)13-5-12-4-7(13)3-10/h4-6,8H,3,10H2,1-2H3,(H2,11,14).